The highest BCUT2D eigenvalue weighted by Crippen LogP contribution is 2.21. The van der Waals surface area contributed by atoms with Crippen LogP contribution in [0.25, 0.3) is 0 Å². The van der Waals surface area contributed by atoms with Crippen molar-refractivity contribution in [1.82, 2.24) is 9.88 Å². The number of aromatic nitrogens is 1. The van der Waals surface area contributed by atoms with Crippen LogP contribution in [-0.2, 0) is 4.79 Å². The van der Waals surface area contributed by atoms with E-state index < -0.39 is 0 Å². The summed E-state index contributed by atoms with van der Waals surface area (Å²) in [6.45, 7) is 8.14. The van der Waals surface area contributed by atoms with E-state index >= 15 is 0 Å². The SMILES string of the molecule is CCN(CC(=O)Nc1nc(C)c(C)s1)C(=O)c1cccc(C)c1. The van der Waals surface area contributed by atoms with Crippen LogP contribution in [0.5, 0.6) is 0 Å². The normalized spacial score (nSPS) is 10.4. The molecule has 0 radical (unpaired) electrons. The second-order valence-electron chi connectivity index (χ2n) is 5.40. The van der Waals surface area contributed by atoms with Crippen molar-refractivity contribution in [2.24, 2.45) is 0 Å². The van der Waals surface area contributed by atoms with Crippen LogP contribution in [-0.4, -0.2) is 34.8 Å². The van der Waals surface area contributed by atoms with Gasteiger partial charge in [0.1, 0.15) is 6.54 Å². The number of likely N-dealkylation sites (N-methyl/N-ethyl adjacent to an activating group) is 1. The fourth-order valence-electron chi connectivity index (χ4n) is 2.15. The third-order valence-corrected chi connectivity index (χ3v) is 4.53. The predicted molar refractivity (Wildman–Crippen MR) is 93.0 cm³/mol. The number of carbonyl (C=O) groups excluding carboxylic acids is 2. The Kier molecular flexibility index (Phi) is 5.50. The van der Waals surface area contributed by atoms with Crippen LogP contribution in [0.4, 0.5) is 5.13 Å². The predicted octanol–water partition coefficient (Wildman–Crippen LogP) is 3.17. The van der Waals surface area contributed by atoms with Crippen molar-refractivity contribution in [2.45, 2.75) is 27.7 Å². The fourth-order valence-corrected chi connectivity index (χ4v) is 2.98. The van der Waals surface area contributed by atoms with Gasteiger partial charge in [0.25, 0.3) is 5.91 Å². The first-order valence-electron chi connectivity index (χ1n) is 7.50. The van der Waals surface area contributed by atoms with Gasteiger partial charge in [-0.05, 0) is 39.8 Å². The van der Waals surface area contributed by atoms with Crippen molar-refractivity contribution in [3.63, 3.8) is 0 Å². The Morgan fingerprint density at radius 3 is 2.57 bits per heavy atom. The average molecular weight is 331 g/mol. The first kappa shape index (κ1) is 17.1. The first-order valence-corrected chi connectivity index (χ1v) is 8.32. The summed E-state index contributed by atoms with van der Waals surface area (Å²) in [6.07, 6.45) is 0. The molecule has 1 N–H and O–H groups in total. The van der Waals surface area contributed by atoms with E-state index in [1.165, 1.54) is 16.2 Å². The van der Waals surface area contributed by atoms with Crippen molar-refractivity contribution in [2.75, 3.05) is 18.4 Å². The van der Waals surface area contributed by atoms with E-state index in [0.717, 1.165) is 16.1 Å². The van der Waals surface area contributed by atoms with E-state index in [-0.39, 0.29) is 18.4 Å². The Morgan fingerprint density at radius 2 is 2.00 bits per heavy atom. The molecule has 0 aliphatic heterocycles. The molecule has 0 aliphatic carbocycles. The Labute approximate surface area is 140 Å². The van der Waals surface area contributed by atoms with Crippen molar-refractivity contribution in [3.8, 4) is 0 Å². The number of hydrogen-bond acceptors (Lipinski definition) is 4. The molecule has 1 aromatic heterocycles. The molecule has 1 aromatic carbocycles. The average Bonchev–Trinajstić information content (AvgIpc) is 2.82. The Hall–Kier alpha value is -2.21. The summed E-state index contributed by atoms with van der Waals surface area (Å²) >= 11 is 1.44. The number of aryl methyl sites for hydroxylation is 3. The van der Waals surface area contributed by atoms with Crippen LogP contribution in [0.2, 0.25) is 0 Å². The number of benzene rings is 1. The minimum absolute atomic E-state index is 0.0148. The molecule has 23 heavy (non-hydrogen) atoms. The van der Waals surface area contributed by atoms with Crippen LogP contribution >= 0.6 is 11.3 Å². The lowest BCUT2D eigenvalue weighted by atomic mass is 10.1. The molecule has 5 nitrogen and oxygen atoms in total. The quantitative estimate of drug-likeness (QED) is 0.915. The number of anilines is 1. The maximum atomic E-state index is 12.5. The molecule has 2 aromatic rings. The molecular formula is C17H21N3O2S. The van der Waals surface area contributed by atoms with Gasteiger partial charge in [-0.1, -0.05) is 17.7 Å². The molecule has 2 amide bonds. The molecule has 0 aliphatic rings. The minimum Gasteiger partial charge on any atom is -0.330 e. The number of nitrogens with one attached hydrogen (secondary N) is 1. The first-order chi connectivity index (χ1) is 10.9. The van der Waals surface area contributed by atoms with Gasteiger partial charge in [-0.2, -0.15) is 0 Å². The molecule has 0 fully saturated rings. The zero-order chi connectivity index (χ0) is 17.0. The van der Waals surface area contributed by atoms with Gasteiger partial charge in [-0.15, -0.1) is 11.3 Å². The van der Waals surface area contributed by atoms with E-state index in [9.17, 15) is 9.59 Å². The topological polar surface area (TPSA) is 62.3 Å². The number of amides is 2. The summed E-state index contributed by atoms with van der Waals surface area (Å²) in [5.74, 6) is -0.376. The standard InChI is InChI=1S/C17H21N3O2S/c1-5-20(16(22)14-8-6-7-11(2)9-14)10-15(21)19-17-18-12(3)13(4)23-17/h6-9H,5,10H2,1-4H3,(H,18,19,21). The molecule has 6 heteroatoms. The highest BCUT2D eigenvalue weighted by atomic mass is 32.1. The van der Waals surface area contributed by atoms with Gasteiger partial charge in [-0.3, -0.25) is 9.59 Å². The number of rotatable bonds is 5. The van der Waals surface area contributed by atoms with Gasteiger partial charge in [0.2, 0.25) is 5.91 Å². The molecule has 122 valence electrons. The van der Waals surface area contributed by atoms with Gasteiger partial charge in [0, 0.05) is 17.0 Å². The second kappa shape index (κ2) is 7.37. The lowest BCUT2D eigenvalue weighted by molar-refractivity contribution is -0.116. The summed E-state index contributed by atoms with van der Waals surface area (Å²) in [5.41, 5.74) is 2.53. The van der Waals surface area contributed by atoms with Crippen molar-refractivity contribution in [3.05, 3.63) is 46.0 Å². The van der Waals surface area contributed by atoms with Crippen LogP contribution in [0.3, 0.4) is 0 Å². The molecule has 0 atom stereocenters. The molecule has 0 bridgehead atoms. The van der Waals surface area contributed by atoms with Crippen molar-refractivity contribution >= 4 is 28.3 Å². The Bertz CT molecular complexity index is 705. The Morgan fingerprint density at radius 1 is 1.26 bits per heavy atom. The van der Waals surface area contributed by atoms with Crippen LogP contribution in [0.1, 0.15) is 33.4 Å². The largest absolute Gasteiger partial charge is 0.330 e. The van der Waals surface area contributed by atoms with Gasteiger partial charge >= 0.3 is 0 Å². The van der Waals surface area contributed by atoms with E-state index in [4.69, 9.17) is 0 Å². The smallest absolute Gasteiger partial charge is 0.254 e. The van der Waals surface area contributed by atoms with Crippen molar-refractivity contribution < 1.29 is 9.59 Å². The van der Waals surface area contributed by atoms with E-state index in [1.54, 1.807) is 6.07 Å². The lowest BCUT2D eigenvalue weighted by Crippen LogP contribution is -2.37. The molecule has 1 heterocycles. The molecule has 0 saturated heterocycles. The van der Waals surface area contributed by atoms with Crippen LogP contribution in [0.15, 0.2) is 24.3 Å². The molecular weight excluding hydrogens is 310 g/mol. The maximum Gasteiger partial charge on any atom is 0.254 e. The number of nitrogens with zero attached hydrogens (tertiary/aromatic N) is 2. The zero-order valence-electron chi connectivity index (χ0n) is 13.8. The van der Waals surface area contributed by atoms with Gasteiger partial charge < -0.3 is 10.2 Å². The minimum atomic E-state index is -0.235. The molecule has 2 rings (SSSR count). The van der Waals surface area contributed by atoms with Gasteiger partial charge in [-0.25, -0.2) is 4.98 Å². The van der Waals surface area contributed by atoms with Crippen LogP contribution in [0, 0.1) is 20.8 Å². The number of hydrogen-bond donors (Lipinski definition) is 1. The number of thiazole rings is 1. The second-order valence-corrected chi connectivity index (χ2v) is 6.60. The third kappa shape index (κ3) is 4.39. The van der Waals surface area contributed by atoms with Crippen LogP contribution < -0.4 is 5.32 Å². The molecule has 0 spiro atoms. The highest BCUT2D eigenvalue weighted by Gasteiger charge is 2.18. The van der Waals surface area contributed by atoms with E-state index in [2.05, 4.69) is 10.3 Å². The molecule has 0 saturated carbocycles. The summed E-state index contributed by atoms with van der Waals surface area (Å²) in [4.78, 5) is 31.6. The summed E-state index contributed by atoms with van der Waals surface area (Å²) < 4.78 is 0. The summed E-state index contributed by atoms with van der Waals surface area (Å²) in [5, 5.41) is 3.33. The van der Waals surface area contributed by atoms with E-state index in [0.29, 0.717) is 17.2 Å². The monoisotopic (exact) mass is 331 g/mol. The summed E-state index contributed by atoms with van der Waals surface area (Å²) in [7, 11) is 0. The zero-order valence-corrected chi connectivity index (χ0v) is 14.7. The van der Waals surface area contributed by atoms with Gasteiger partial charge in [0.05, 0.1) is 5.69 Å². The molecule has 0 unspecified atom stereocenters. The maximum absolute atomic E-state index is 12.5. The fraction of sp³-hybridized carbons (Fsp3) is 0.353. The Balaban J connectivity index is 2.03. The van der Waals surface area contributed by atoms with Gasteiger partial charge in [0.15, 0.2) is 5.13 Å². The summed E-state index contributed by atoms with van der Waals surface area (Å²) in [6, 6.07) is 7.38. The third-order valence-electron chi connectivity index (χ3n) is 3.54. The number of carbonyl (C=O) groups is 2. The van der Waals surface area contributed by atoms with E-state index in [1.807, 2.05) is 45.9 Å². The highest BCUT2D eigenvalue weighted by molar-refractivity contribution is 7.15. The lowest BCUT2D eigenvalue weighted by Gasteiger charge is -2.20. The van der Waals surface area contributed by atoms with Crippen molar-refractivity contribution in [1.29, 1.82) is 0 Å².